The van der Waals surface area contributed by atoms with Crippen molar-refractivity contribution in [2.45, 2.75) is 13.2 Å². The zero-order valence-corrected chi connectivity index (χ0v) is 10.4. The fraction of sp³-hybridized carbons (Fsp3) is 0.273. The fourth-order valence-electron chi connectivity index (χ4n) is 1.35. The number of methoxy groups -OCH3 is 1. The molecule has 0 saturated carbocycles. The third-order valence-electron chi connectivity index (χ3n) is 2.09. The van der Waals surface area contributed by atoms with E-state index in [4.69, 9.17) is 0 Å². The molecular formula is C11H9F3NO5-. The summed E-state index contributed by atoms with van der Waals surface area (Å²) in [6.45, 7) is 0.797. The van der Waals surface area contributed by atoms with Gasteiger partial charge in [-0.15, -0.1) is 18.2 Å². The molecule has 0 radical (unpaired) electrons. The maximum atomic E-state index is 12.7. The summed E-state index contributed by atoms with van der Waals surface area (Å²) in [5.74, 6) is -3.16. The molecule has 110 valence electrons. The standard InChI is InChI=1S/C11H10F3NO5/c1-6(16)20-15(11(12,13)14)7-3-4-8(10(17)18)9(5-7)19-2/h3-5H,1-2H3,(H,17,18)/p-1. The number of hydroxylamine groups is 1. The summed E-state index contributed by atoms with van der Waals surface area (Å²) in [5.41, 5.74) is -1.05. The van der Waals surface area contributed by atoms with Crippen LogP contribution in [0, 0.1) is 0 Å². The van der Waals surface area contributed by atoms with Gasteiger partial charge in [0.05, 0.1) is 18.8 Å². The minimum Gasteiger partial charge on any atom is -0.545 e. The van der Waals surface area contributed by atoms with E-state index >= 15 is 0 Å². The van der Waals surface area contributed by atoms with Crippen LogP contribution < -0.4 is 14.9 Å². The van der Waals surface area contributed by atoms with Crippen molar-refractivity contribution in [3.63, 3.8) is 0 Å². The van der Waals surface area contributed by atoms with Gasteiger partial charge >= 0.3 is 12.3 Å². The van der Waals surface area contributed by atoms with E-state index in [9.17, 15) is 27.9 Å². The van der Waals surface area contributed by atoms with Crippen LogP contribution in [-0.4, -0.2) is 25.3 Å². The number of nitrogens with zero attached hydrogens (tertiary/aromatic N) is 1. The van der Waals surface area contributed by atoms with Crippen molar-refractivity contribution in [1.82, 2.24) is 0 Å². The van der Waals surface area contributed by atoms with Gasteiger partial charge in [-0.2, -0.15) is 0 Å². The largest absolute Gasteiger partial charge is 0.545 e. The highest BCUT2D eigenvalue weighted by molar-refractivity contribution is 5.90. The molecule has 0 aromatic heterocycles. The first-order chi connectivity index (χ1) is 9.16. The molecule has 0 saturated heterocycles. The van der Waals surface area contributed by atoms with E-state index in [1.165, 1.54) is 0 Å². The Labute approximate surface area is 111 Å². The SMILES string of the molecule is COc1cc(N(OC(C)=O)C(F)(F)F)ccc1C(=O)[O-]. The van der Waals surface area contributed by atoms with Crippen LogP contribution in [-0.2, 0) is 9.63 Å². The second-order valence-electron chi connectivity index (χ2n) is 3.52. The number of hydrogen-bond donors (Lipinski definition) is 0. The van der Waals surface area contributed by atoms with Crippen molar-refractivity contribution in [3.05, 3.63) is 23.8 Å². The van der Waals surface area contributed by atoms with Crippen molar-refractivity contribution in [2.24, 2.45) is 0 Å². The van der Waals surface area contributed by atoms with E-state index in [-0.39, 0.29) is 5.75 Å². The highest BCUT2D eigenvalue weighted by atomic mass is 19.4. The minimum atomic E-state index is -5.00. The predicted molar refractivity (Wildman–Crippen MR) is 57.6 cm³/mol. The monoisotopic (exact) mass is 292 g/mol. The number of carboxylic acids is 1. The Morgan fingerprint density at radius 2 is 1.90 bits per heavy atom. The lowest BCUT2D eigenvalue weighted by Gasteiger charge is -2.25. The number of alkyl halides is 3. The summed E-state index contributed by atoms with van der Waals surface area (Å²) in [7, 11) is 1.08. The molecule has 20 heavy (non-hydrogen) atoms. The fourth-order valence-corrected chi connectivity index (χ4v) is 1.35. The Balaban J connectivity index is 3.28. The molecule has 0 bridgehead atoms. The third-order valence-corrected chi connectivity index (χ3v) is 2.09. The van der Waals surface area contributed by atoms with Gasteiger partial charge in [0.25, 0.3) is 0 Å². The molecule has 0 aliphatic heterocycles. The maximum absolute atomic E-state index is 12.7. The van der Waals surface area contributed by atoms with Crippen LogP contribution in [0.25, 0.3) is 0 Å². The molecule has 9 heteroatoms. The second-order valence-corrected chi connectivity index (χ2v) is 3.52. The Morgan fingerprint density at radius 1 is 1.30 bits per heavy atom. The van der Waals surface area contributed by atoms with E-state index in [0.29, 0.717) is 0 Å². The molecule has 1 rings (SSSR count). The van der Waals surface area contributed by atoms with Crippen molar-refractivity contribution < 1.29 is 37.4 Å². The number of carbonyl (C=O) groups is 2. The lowest BCUT2D eigenvalue weighted by atomic mass is 10.2. The molecule has 0 fully saturated rings. The zero-order chi connectivity index (χ0) is 15.5. The lowest BCUT2D eigenvalue weighted by molar-refractivity contribution is -0.255. The van der Waals surface area contributed by atoms with Crippen LogP contribution in [0.15, 0.2) is 18.2 Å². The number of halogens is 3. The number of carboxylic acid groups (broad SMARTS) is 1. The molecule has 0 unspecified atom stereocenters. The van der Waals surface area contributed by atoms with Gasteiger partial charge in [-0.05, 0) is 12.1 Å². The molecule has 0 aliphatic carbocycles. The molecular weight excluding hydrogens is 283 g/mol. The van der Waals surface area contributed by atoms with Gasteiger partial charge in [-0.3, -0.25) is 4.79 Å². The predicted octanol–water partition coefficient (Wildman–Crippen LogP) is 0.863. The summed E-state index contributed by atoms with van der Waals surface area (Å²) in [6.07, 6.45) is -5.00. The summed E-state index contributed by atoms with van der Waals surface area (Å²) >= 11 is 0. The van der Waals surface area contributed by atoms with Crippen LogP contribution in [0.5, 0.6) is 5.75 Å². The average molecular weight is 292 g/mol. The first-order valence-corrected chi connectivity index (χ1v) is 5.11. The molecule has 1 aromatic carbocycles. The Kier molecular flexibility index (Phi) is 4.43. The number of anilines is 1. The molecule has 0 atom stereocenters. The van der Waals surface area contributed by atoms with Gasteiger partial charge in [0.15, 0.2) is 0 Å². The molecule has 0 aliphatic rings. The zero-order valence-electron chi connectivity index (χ0n) is 10.4. The van der Waals surface area contributed by atoms with E-state index in [0.717, 1.165) is 32.2 Å². The number of hydrogen-bond acceptors (Lipinski definition) is 6. The number of aromatic carboxylic acids is 1. The lowest BCUT2D eigenvalue weighted by Crippen LogP contribution is -2.39. The van der Waals surface area contributed by atoms with Gasteiger partial charge < -0.3 is 19.5 Å². The summed E-state index contributed by atoms with van der Waals surface area (Å²) in [6, 6.07) is 2.43. The molecule has 0 amide bonds. The molecule has 0 heterocycles. The number of benzene rings is 1. The van der Waals surface area contributed by atoms with Crippen molar-refractivity contribution >= 4 is 17.6 Å². The summed E-state index contributed by atoms with van der Waals surface area (Å²) in [4.78, 5) is 25.5. The number of ether oxygens (including phenoxy) is 1. The highest BCUT2D eigenvalue weighted by Crippen LogP contribution is 2.32. The topological polar surface area (TPSA) is 78.9 Å². The molecule has 0 spiro atoms. The van der Waals surface area contributed by atoms with E-state index in [1.54, 1.807) is 0 Å². The summed E-state index contributed by atoms with van der Waals surface area (Å²) < 4.78 is 42.9. The average Bonchev–Trinajstić information content (AvgIpc) is 2.33. The Morgan fingerprint density at radius 3 is 2.30 bits per heavy atom. The third kappa shape index (κ3) is 3.53. The first-order valence-electron chi connectivity index (χ1n) is 5.11. The van der Waals surface area contributed by atoms with E-state index in [1.807, 2.05) is 0 Å². The van der Waals surface area contributed by atoms with Gasteiger partial charge in [0.2, 0.25) is 0 Å². The number of rotatable bonds is 4. The normalized spacial score (nSPS) is 10.8. The van der Waals surface area contributed by atoms with Crippen molar-refractivity contribution in [2.75, 3.05) is 12.2 Å². The molecule has 1 aromatic rings. The minimum absolute atomic E-state index is 0.357. The number of carbonyl (C=O) groups excluding carboxylic acids is 2. The van der Waals surface area contributed by atoms with Gasteiger partial charge in [0.1, 0.15) is 5.75 Å². The smallest absolute Gasteiger partial charge is 0.517 e. The van der Waals surface area contributed by atoms with Crippen molar-refractivity contribution in [1.29, 1.82) is 0 Å². The van der Waals surface area contributed by atoms with Crippen molar-refractivity contribution in [3.8, 4) is 5.75 Å². The van der Waals surface area contributed by atoms with Crippen LogP contribution in [0.2, 0.25) is 0 Å². The van der Waals surface area contributed by atoms with Crippen LogP contribution >= 0.6 is 0 Å². The quantitative estimate of drug-likeness (QED) is 0.605. The highest BCUT2D eigenvalue weighted by Gasteiger charge is 2.41. The van der Waals surface area contributed by atoms with Crippen LogP contribution in [0.3, 0.4) is 0 Å². The van der Waals surface area contributed by atoms with E-state index < -0.39 is 34.6 Å². The molecule has 6 nitrogen and oxygen atoms in total. The van der Waals surface area contributed by atoms with Crippen LogP contribution in [0.1, 0.15) is 17.3 Å². The van der Waals surface area contributed by atoms with Gasteiger partial charge in [-0.1, -0.05) is 0 Å². The Bertz CT molecular complexity index is 529. The maximum Gasteiger partial charge on any atom is 0.517 e. The summed E-state index contributed by atoms with van der Waals surface area (Å²) in [5, 5.41) is 10.1. The molecule has 0 N–H and O–H groups in total. The Hall–Kier alpha value is -2.45. The first kappa shape index (κ1) is 15.6. The van der Waals surface area contributed by atoms with Gasteiger partial charge in [-0.25, -0.2) is 0 Å². The van der Waals surface area contributed by atoms with Crippen LogP contribution in [0.4, 0.5) is 18.9 Å². The van der Waals surface area contributed by atoms with Gasteiger partial charge in [0, 0.05) is 18.6 Å². The van der Waals surface area contributed by atoms with E-state index in [2.05, 4.69) is 9.57 Å². The second kappa shape index (κ2) is 5.68.